The van der Waals surface area contributed by atoms with Gasteiger partial charge in [-0.25, -0.2) is 0 Å². The molecule has 16 heavy (non-hydrogen) atoms. The summed E-state index contributed by atoms with van der Waals surface area (Å²) in [6.07, 6.45) is 7.28. The second kappa shape index (κ2) is 4.63. The minimum absolute atomic E-state index is 0.503. The van der Waals surface area contributed by atoms with Gasteiger partial charge in [-0.3, -0.25) is 0 Å². The lowest BCUT2D eigenvalue weighted by atomic mass is 9.92. The second-order valence-corrected chi connectivity index (χ2v) is 5.81. The van der Waals surface area contributed by atoms with Gasteiger partial charge in [0.1, 0.15) is 0 Å². The highest BCUT2D eigenvalue weighted by Gasteiger charge is 2.53. The monoisotopic (exact) mass is 224 g/mol. The van der Waals surface area contributed by atoms with E-state index in [9.17, 15) is 0 Å². The molecule has 3 fully saturated rings. The molecular weight excluding hydrogens is 200 g/mol. The molecule has 1 spiro atoms. The molecule has 2 saturated heterocycles. The highest BCUT2D eigenvalue weighted by Crippen LogP contribution is 2.58. The zero-order valence-electron chi connectivity index (χ0n) is 10.1. The maximum absolute atomic E-state index is 5.62. The Balaban J connectivity index is 1.34. The fourth-order valence-electron chi connectivity index (χ4n) is 3.48. The van der Waals surface area contributed by atoms with Crippen LogP contribution in [-0.4, -0.2) is 38.9 Å². The molecule has 2 atom stereocenters. The fraction of sp³-hybridized carbons (Fsp3) is 1.00. The van der Waals surface area contributed by atoms with E-state index in [-0.39, 0.29) is 0 Å². The van der Waals surface area contributed by atoms with Gasteiger partial charge in [-0.15, -0.1) is 0 Å². The summed E-state index contributed by atoms with van der Waals surface area (Å²) in [4.78, 5) is 0. The van der Waals surface area contributed by atoms with Gasteiger partial charge in [0.25, 0.3) is 0 Å². The number of nitrogens with one attached hydrogen (secondary N) is 2. The summed E-state index contributed by atoms with van der Waals surface area (Å²) < 4.78 is 5.62. The summed E-state index contributed by atoms with van der Waals surface area (Å²) in [6.45, 7) is 5.75. The van der Waals surface area contributed by atoms with Crippen LogP contribution in [0.4, 0.5) is 0 Å². The van der Waals surface area contributed by atoms with Gasteiger partial charge in [0.2, 0.25) is 0 Å². The predicted molar refractivity (Wildman–Crippen MR) is 64.5 cm³/mol. The van der Waals surface area contributed by atoms with Gasteiger partial charge in [0.15, 0.2) is 0 Å². The van der Waals surface area contributed by atoms with E-state index < -0.39 is 0 Å². The molecule has 0 amide bonds. The highest BCUT2D eigenvalue weighted by atomic mass is 16.5. The van der Waals surface area contributed by atoms with Crippen LogP contribution in [0.25, 0.3) is 0 Å². The lowest BCUT2D eigenvalue weighted by Crippen LogP contribution is -2.33. The largest absolute Gasteiger partial charge is 0.377 e. The van der Waals surface area contributed by atoms with Crippen LogP contribution in [0.5, 0.6) is 0 Å². The average molecular weight is 224 g/mol. The molecule has 0 bridgehead atoms. The summed E-state index contributed by atoms with van der Waals surface area (Å²) >= 11 is 0. The molecule has 1 aliphatic carbocycles. The molecule has 3 rings (SSSR count). The van der Waals surface area contributed by atoms with Crippen molar-refractivity contribution in [2.75, 3.05) is 32.8 Å². The van der Waals surface area contributed by atoms with Crippen molar-refractivity contribution in [2.24, 2.45) is 11.3 Å². The van der Waals surface area contributed by atoms with E-state index in [4.69, 9.17) is 4.74 Å². The Labute approximate surface area is 98.3 Å². The van der Waals surface area contributed by atoms with Crippen LogP contribution in [-0.2, 0) is 4.74 Å². The summed E-state index contributed by atoms with van der Waals surface area (Å²) in [7, 11) is 0. The van der Waals surface area contributed by atoms with Gasteiger partial charge in [-0.2, -0.15) is 0 Å². The van der Waals surface area contributed by atoms with Crippen molar-refractivity contribution < 1.29 is 4.74 Å². The first kappa shape index (κ1) is 11.0. The Kier molecular flexibility index (Phi) is 3.18. The molecule has 1 saturated carbocycles. The normalized spacial score (nSPS) is 36.8. The van der Waals surface area contributed by atoms with E-state index in [1.807, 2.05) is 0 Å². The van der Waals surface area contributed by atoms with Gasteiger partial charge < -0.3 is 15.4 Å². The third-order valence-electron chi connectivity index (χ3n) is 4.74. The average Bonchev–Trinajstić information content (AvgIpc) is 2.78. The number of rotatable bonds is 4. The zero-order valence-corrected chi connectivity index (χ0v) is 10.1. The smallest absolute Gasteiger partial charge is 0.0700 e. The third kappa shape index (κ3) is 2.27. The first-order valence-electron chi connectivity index (χ1n) is 6.92. The molecule has 0 aromatic rings. The molecule has 2 N–H and O–H groups in total. The van der Waals surface area contributed by atoms with E-state index in [0.29, 0.717) is 6.10 Å². The van der Waals surface area contributed by atoms with Gasteiger partial charge in [0, 0.05) is 13.2 Å². The summed E-state index contributed by atoms with van der Waals surface area (Å²) in [5.74, 6) is 0.955. The molecular formula is C13H24N2O. The minimum Gasteiger partial charge on any atom is -0.377 e. The van der Waals surface area contributed by atoms with Crippen LogP contribution in [0.15, 0.2) is 0 Å². The van der Waals surface area contributed by atoms with Crippen molar-refractivity contribution in [2.45, 2.75) is 38.2 Å². The minimum atomic E-state index is 0.503. The topological polar surface area (TPSA) is 33.3 Å². The van der Waals surface area contributed by atoms with Crippen molar-refractivity contribution >= 4 is 0 Å². The quantitative estimate of drug-likeness (QED) is 0.751. The summed E-state index contributed by atoms with van der Waals surface area (Å²) in [5, 5.41) is 7.08. The molecule has 3 aliphatic rings. The number of hydrogen-bond acceptors (Lipinski definition) is 3. The molecule has 2 unspecified atom stereocenters. The van der Waals surface area contributed by atoms with Crippen molar-refractivity contribution in [1.29, 1.82) is 0 Å². The fourth-order valence-corrected chi connectivity index (χ4v) is 3.48. The lowest BCUT2D eigenvalue weighted by molar-refractivity contribution is 0.109. The van der Waals surface area contributed by atoms with E-state index >= 15 is 0 Å². The highest BCUT2D eigenvalue weighted by molar-refractivity contribution is 5.05. The SMILES string of the molecule is C1COC(CNCC2CC23CCNCC3)C1. The predicted octanol–water partition coefficient (Wildman–Crippen LogP) is 1.14. The van der Waals surface area contributed by atoms with Gasteiger partial charge in [-0.05, 0) is 63.1 Å². The first-order chi connectivity index (χ1) is 7.89. The molecule has 2 aliphatic heterocycles. The van der Waals surface area contributed by atoms with Crippen molar-refractivity contribution in [3.8, 4) is 0 Å². The Morgan fingerprint density at radius 3 is 2.88 bits per heavy atom. The Morgan fingerprint density at radius 2 is 2.12 bits per heavy atom. The van der Waals surface area contributed by atoms with Crippen LogP contribution in [0.2, 0.25) is 0 Å². The Hall–Kier alpha value is -0.120. The second-order valence-electron chi connectivity index (χ2n) is 5.81. The van der Waals surface area contributed by atoms with Crippen molar-refractivity contribution in [3.05, 3.63) is 0 Å². The summed E-state index contributed by atoms with van der Waals surface area (Å²) in [6, 6.07) is 0. The third-order valence-corrected chi connectivity index (χ3v) is 4.74. The maximum Gasteiger partial charge on any atom is 0.0700 e. The van der Waals surface area contributed by atoms with Gasteiger partial charge in [-0.1, -0.05) is 0 Å². The Morgan fingerprint density at radius 1 is 1.25 bits per heavy atom. The van der Waals surface area contributed by atoms with E-state index in [0.717, 1.165) is 24.5 Å². The molecule has 92 valence electrons. The first-order valence-corrected chi connectivity index (χ1v) is 6.92. The van der Waals surface area contributed by atoms with Crippen LogP contribution in [0.3, 0.4) is 0 Å². The number of piperidine rings is 1. The van der Waals surface area contributed by atoms with Crippen LogP contribution in [0, 0.1) is 11.3 Å². The molecule has 3 nitrogen and oxygen atoms in total. The van der Waals surface area contributed by atoms with E-state index in [1.54, 1.807) is 0 Å². The van der Waals surface area contributed by atoms with Gasteiger partial charge >= 0.3 is 0 Å². The van der Waals surface area contributed by atoms with Gasteiger partial charge in [0.05, 0.1) is 6.10 Å². The molecule has 0 aromatic heterocycles. The van der Waals surface area contributed by atoms with Crippen LogP contribution in [0.1, 0.15) is 32.1 Å². The Bertz CT molecular complexity index is 232. The van der Waals surface area contributed by atoms with Crippen molar-refractivity contribution in [3.63, 3.8) is 0 Å². The molecule has 0 aromatic carbocycles. The van der Waals surface area contributed by atoms with Crippen LogP contribution < -0.4 is 10.6 Å². The molecule has 2 heterocycles. The van der Waals surface area contributed by atoms with E-state index in [2.05, 4.69) is 10.6 Å². The zero-order chi connectivity index (χ0) is 10.8. The molecule has 0 radical (unpaired) electrons. The number of hydrogen-bond donors (Lipinski definition) is 2. The van der Waals surface area contributed by atoms with Crippen molar-refractivity contribution in [1.82, 2.24) is 10.6 Å². The number of ether oxygens (including phenoxy) is 1. The lowest BCUT2D eigenvalue weighted by Gasteiger charge is -2.23. The summed E-state index contributed by atoms with van der Waals surface area (Å²) in [5.41, 5.74) is 0.731. The van der Waals surface area contributed by atoms with Crippen LogP contribution >= 0.6 is 0 Å². The van der Waals surface area contributed by atoms with E-state index in [1.165, 1.54) is 51.7 Å². The maximum atomic E-state index is 5.62. The standard InChI is InChI=1S/C13H24N2O/c1-2-12(16-7-1)10-15-9-11-8-13(11)3-5-14-6-4-13/h11-12,14-15H,1-10H2. The molecule has 3 heteroatoms.